The van der Waals surface area contributed by atoms with Crippen molar-refractivity contribution in [1.29, 1.82) is 0 Å². The van der Waals surface area contributed by atoms with Gasteiger partial charge in [-0.25, -0.2) is 9.97 Å². The first kappa shape index (κ1) is 16.5. The number of rotatable bonds is 5. The molecule has 2 aromatic heterocycles. The van der Waals surface area contributed by atoms with Crippen LogP contribution in [0.1, 0.15) is 27.2 Å². The lowest BCUT2D eigenvalue weighted by atomic mass is 10.2. The lowest BCUT2D eigenvalue weighted by Gasteiger charge is -2.36. The monoisotopic (exact) mass is 325 g/mol. The number of aromatic nitrogens is 3. The first-order valence-electron chi connectivity index (χ1n) is 7.32. The van der Waals surface area contributed by atoms with Gasteiger partial charge in [0.25, 0.3) is 0 Å². The van der Waals surface area contributed by atoms with Gasteiger partial charge in [-0.3, -0.25) is 0 Å². The molecule has 2 aromatic rings. The van der Waals surface area contributed by atoms with Crippen molar-refractivity contribution in [2.45, 2.75) is 51.9 Å². The van der Waals surface area contributed by atoms with Crippen LogP contribution in [0.3, 0.4) is 0 Å². The van der Waals surface area contributed by atoms with Crippen LogP contribution in [0.25, 0.3) is 11.0 Å². The molecule has 0 radical (unpaired) electrons. The van der Waals surface area contributed by atoms with Crippen molar-refractivity contribution in [1.82, 2.24) is 14.5 Å². The Kier molecular flexibility index (Phi) is 4.75. The molecule has 0 atom stereocenters. The van der Waals surface area contributed by atoms with Gasteiger partial charge in [-0.15, -0.1) is 0 Å². The molecule has 0 aromatic carbocycles. The molecule has 0 aliphatic carbocycles. The molecule has 0 unspecified atom stereocenters. The van der Waals surface area contributed by atoms with Crippen molar-refractivity contribution in [3.63, 3.8) is 0 Å². The van der Waals surface area contributed by atoms with Crippen LogP contribution in [0.5, 0.6) is 0 Å². The van der Waals surface area contributed by atoms with Crippen LogP contribution >= 0.6 is 11.6 Å². The summed E-state index contributed by atoms with van der Waals surface area (Å²) in [6.45, 7) is 13.0. The third-order valence-corrected chi connectivity index (χ3v) is 9.16. The van der Waals surface area contributed by atoms with E-state index in [0.29, 0.717) is 5.15 Å². The van der Waals surface area contributed by atoms with Crippen LogP contribution in [-0.2, 0) is 11.0 Å². The molecule has 0 aliphatic rings. The van der Waals surface area contributed by atoms with Crippen molar-refractivity contribution >= 4 is 31.0 Å². The van der Waals surface area contributed by atoms with Crippen molar-refractivity contribution in [3.8, 4) is 0 Å². The van der Waals surface area contributed by atoms with Gasteiger partial charge in [-0.1, -0.05) is 32.4 Å². The summed E-state index contributed by atoms with van der Waals surface area (Å²) in [5.74, 6) is 0. The van der Waals surface area contributed by atoms with Gasteiger partial charge in [0, 0.05) is 19.3 Å². The van der Waals surface area contributed by atoms with Crippen LogP contribution in [0.2, 0.25) is 23.3 Å². The molecule has 0 fully saturated rings. The highest BCUT2D eigenvalue weighted by Gasteiger charge is 2.36. The Morgan fingerprint density at radius 1 is 1.29 bits per heavy atom. The summed E-state index contributed by atoms with van der Waals surface area (Å²) in [6, 6.07) is 1.96. The van der Waals surface area contributed by atoms with E-state index in [1.54, 1.807) is 0 Å². The molecule has 116 valence electrons. The number of nitrogens with zero attached hydrogens (tertiary/aromatic N) is 3. The largest absolute Gasteiger partial charge is 0.417 e. The van der Waals surface area contributed by atoms with E-state index in [1.165, 1.54) is 6.33 Å². The Bertz CT molecular complexity index is 619. The van der Waals surface area contributed by atoms with Crippen LogP contribution in [-0.4, -0.2) is 29.5 Å². The Labute approximate surface area is 132 Å². The zero-order chi connectivity index (χ0) is 15.7. The van der Waals surface area contributed by atoms with E-state index in [4.69, 9.17) is 16.0 Å². The second kappa shape index (κ2) is 6.06. The van der Waals surface area contributed by atoms with E-state index >= 15 is 0 Å². The fraction of sp³-hybridized carbons (Fsp3) is 0.600. The molecule has 21 heavy (non-hydrogen) atoms. The molecule has 6 heteroatoms. The van der Waals surface area contributed by atoms with Crippen LogP contribution in [0.4, 0.5) is 0 Å². The fourth-order valence-corrected chi connectivity index (χ4v) is 3.21. The van der Waals surface area contributed by atoms with Gasteiger partial charge >= 0.3 is 0 Å². The molecule has 2 rings (SSSR count). The van der Waals surface area contributed by atoms with Gasteiger partial charge in [-0.2, -0.15) is 0 Å². The normalized spacial score (nSPS) is 13.0. The maximum atomic E-state index is 6.19. The number of hydrogen-bond donors (Lipinski definition) is 0. The van der Waals surface area contributed by atoms with Gasteiger partial charge in [0.05, 0.1) is 5.39 Å². The second-order valence-electron chi connectivity index (χ2n) is 6.87. The van der Waals surface area contributed by atoms with E-state index in [1.807, 2.05) is 12.3 Å². The van der Waals surface area contributed by atoms with Gasteiger partial charge in [0.2, 0.25) is 0 Å². The van der Waals surface area contributed by atoms with Gasteiger partial charge in [-0.05, 0) is 30.6 Å². The molecular weight excluding hydrogens is 302 g/mol. The quantitative estimate of drug-likeness (QED) is 0.461. The minimum absolute atomic E-state index is 0.258. The molecule has 0 amide bonds. The third-order valence-electron chi connectivity index (χ3n) is 4.32. The summed E-state index contributed by atoms with van der Waals surface area (Å²) in [4.78, 5) is 8.30. The number of halogens is 1. The van der Waals surface area contributed by atoms with Crippen LogP contribution in [0, 0.1) is 0 Å². The van der Waals surface area contributed by atoms with Gasteiger partial charge in [0.1, 0.15) is 17.1 Å². The lowest BCUT2D eigenvalue weighted by Crippen LogP contribution is -2.41. The van der Waals surface area contributed by atoms with Gasteiger partial charge < -0.3 is 8.99 Å². The topological polar surface area (TPSA) is 39.9 Å². The molecule has 4 nitrogen and oxygen atoms in total. The summed E-state index contributed by atoms with van der Waals surface area (Å²) in [5.41, 5.74) is 0.891. The molecule has 2 heterocycles. The average Bonchev–Trinajstić information content (AvgIpc) is 2.78. The predicted molar refractivity (Wildman–Crippen MR) is 90.3 cm³/mol. The summed E-state index contributed by atoms with van der Waals surface area (Å²) < 4.78 is 8.30. The van der Waals surface area contributed by atoms with Crippen molar-refractivity contribution < 1.29 is 4.43 Å². The summed E-state index contributed by atoms with van der Waals surface area (Å²) in [5, 5.41) is 1.68. The zero-order valence-corrected chi connectivity index (χ0v) is 15.2. The number of hydrogen-bond acceptors (Lipinski definition) is 3. The average molecular weight is 326 g/mol. The first-order chi connectivity index (χ1) is 9.72. The fourth-order valence-electron chi connectivity index (χ4n) is 1.93. The smallest absolute Gasteiger partial charge is 0.191 e. The van der Waals surface area contributed by atoms with E-state index < -0.39 is 8.32 Å². The molecule has 0 aliphatic heterocycles. The summed E-state index contributed by atoms with van der Waals surface area (Å²) in [7, 11) is -1.65. The van der Waals surface area contributed by atoms with Crippen molar-refractivity contribution in [3.05, 3.63) is 23.7 Å². The van der Waals surface area contributed by atoms with Crippen molar-refractivity contribution in [2.24, 2.45) is 0 Å². The molecular formula is C15H24ClN3OSi. The van der Waals surface area contributed by atoms with E-state index in [-0.39, 0.29) is 5.04 Å². The standard InChI is InChI=1S/C15H24ClN3OSi/c1-15(2,3)21(4,5)20-10-6-8-19-9-7-12-13(16)17-11-18-14(12)19/h7,9,11H,6,8,10H2,1-5H3. The van der Waals surface area contributed by atoms with Gasteiger partial charge in [0.15, 0.2) is 8.32 Å². The highest BCUT2D eigenvalue weighted by Crippen LogP contribution is 2.36. The molecule has 0 saturated carbocycles. The second-order valence-corrected chi connectivity index (χ2v) is 12.0. The number of aryl methyl sites for hydroxylation is 1. The Morgan fingerprint density at radius 2 is 2.00 bits per heavy atom. The van der Waals surface area contributed by atoms with Crippen molar-refractivity contribution in [2.75, 3.05) is 6.61 Å². The number of fused-ring (bicyclic) bond motifs is 1. The predicted octanol–water partition coefficient (Wildman–Crippen LogP) is 4.50. The maximum absolute atomic E-state index is 6.19. The van der Waals surface area contributed by atoms with Crippen LogP contribution in [0.15, 0.2) is 18.6 Å². The zero-order valence-electron chi connectivity index (χ0n) is 13.5. The minimum atomic E-state index is -1.65. The SMILES string of the molecule is CC(C)(C)[Si](C)(C)OCCCn1ccc2c(Cl)ncnc21. The highest BCUT2D eigenvalue weighted by molar-refractivity contribution is 6.74. The van der Waals surface area contributed by atoms with Crippen LogP contribution < -0.4 is 0 Å². The third kappa shape index (κ3) is 3.65. The van der Waals surface area contributed by atoms with E-state index in [9.17, 15) is 0 Å². The summed E-state index contributed by atoms with van der Waals surface area (Å²) in [6.07, 6.45) is 4.49. The first-order valence-corrected chi connectivity index (χ1v) is 10.6. The Morgan fingerprint density at radius 3 is 2.67 bits per heavy atom. The summed E-state index contributed by atoms with van der Waals surface area (Å²) >= 11 is 6.06. The van der Waals surface area contributed by atoms with E-state index in [0.717, 1.165) is 30.6 Å². The maximum Gasteiger partial charge on any atom is 0.191 e. The molecule has 0 saturated heterocycles. The highest BCUT2D eigenvalue weighted by atomic mass is 35.5. The lowest BCUT2D eigenvalue weighted by molar-refractivity contribution is 0.275. The Balaban J connectivity index is 1.93. The van der Waals surface area contributed by atoms with E-state index in [2.05, 4.69) is 48.4 Å². The molecule has 0 spiro atoms. The minimum Gasteiger partial charge on any atom is -0.417 e. The Hall–Kier alpha value is -0.913. The molecule has 0 bridgehead atoms. The molecule has 0 N–H and O–H groups in total.